The molecule has 3 aromatic rings. The number of nitriles is 1. The highest BCUT2D eigenvalue weighted by Crippen LogP contribution is 2.46. The van der Waals surface area contributed by atoms with Crippen molar-refractivity contribution >= 4 is 19.2 Å². The van der Waals surface area contributed by atoms with Crippen molar-refractivity contribution in [1.29, 1.82) is 5.26 Å². The van der Waals surface area contributed by atoms with E-state index in [0.29, 0.717) is 23.4 Å². The van der Waals surface area contributed by atoms with Gasteiger partial charge in [0.15, 0.2) is 5.82 Å². The Balaban J connectivity index is 1.24. The summed E-state index contributed by atoms with van der Waals surface area (Å²) in [6.07, 6.45) is 10.8. The maximum atomic E-state index is 14.0. The van der Waals surface area contributed by atoms with E-state index in [2.05, 4.69) is 17.0 Å². The average molecular weight is 764 g/mol. The van der Waals surface area contributed by atoms with Crippen LogP contribution in [0.25, 0.3) is 5.52 Å². The summed E-state index contributed by atoms with van der Waals surface area (Å²) in [6.45, 7) is 3.13. The number of fused-ring (bicyclic) bond motifs is 1. The molecule has 6 atom stereocenters. The summed E-state index contributed by atoms with van der Waals surface area (Å²) in [5.74, 6) is -0.381. The van der Waals surface area contributed by atoms with Crippen molar-refractivity contribution in [3.05, 3.63) is 59.3 Å². The number of aliphatic hydroxyl groups is 2. The third-order valence-electron chi connectivity index (χ3n) is 9.50. The number of benzene rings is 1. The maximum Gasteiger partial charge on any atom is 0.472 e. The predicted octanol–water partition coefficient (Wildman–Crippen LogP) is 6.09. The molecular weight excluding hydrogens is 708 g/mol. The third-order valence-corrected chi connectivity index (χ3v) is 10.4. The summed E-state index contributed by atoms with van der Waals surface area (Å²) in [5, 5.41) is 35.2. The number of rotatable bonds is 25. The molecule has 16 heteroatoms. The molecule has 2 aromatic heterocycles. The van der Waals surface area contributed by atoms with Gasteiger partial charge in [-0.2, -0.15) is 10.4 Å². The molecule has 5 N–H and O–H groups in total. The smallest absolute Gasteiger partial charge is 0.387 e. The van der Waals surface area contributed by atoms with Gasteiger partial charge < -0.3 is 35.1 Å². The van der Waals surface area contributed by atoms with Crippen LogP contribution in [0.3, 0.4) is 0 Å². The second kappa shape index (κ2) is 21.2. The highest BCUT2D eigenvalue weighted by atomic mass is 31.2. The molecule has 0 spiro atoms. The minimum atomic E-state index is -4.74. The lowest BCUT2D eigenvalue weighted by Crippen LogP contribution is -2.39. The second-order valence-corrected chi connectivity index (χ2v) is 15.2. The lowest BCUT2D eigenvalue weighted by molar-refractivity contribution is -0.0901. The quantitative estimate of drug-likeness (QED) is 0.0570. The second-order valence-electron chi connectivity index (χ2n) is 13.8. The van der Waals surface area contributed by atoms with Crippen molar-refractivity contribution in [3.63, 3.8) is 0 Å². The highest BCUT2D eigenvalue weighted by Gasteiger charge is 2.54. The Morgan fingerprint density at radius 3 is 2.40 bits per heavy atom. The van der Waals surface area contributed by atoms with Crippen LogP contribution in [0.15, 0.2) is 36.7 Å². The van der Waals surface area contributed by atoms with Crippen LogP contribution in [0, 0.1) is 17.1 Å². The van der Waals surface area contributed by atoms with Gasteiger partial charge in [0.05, 0.1) is 43.8 Å². The van der Waals surface area contributed by atoms with Crippen molar-refractivity contribution in [2.45, 2.75) is 128 Å². The van der Waals surface area contributed by atoms with Crippen LogP contribution in [0.2, 0.25) is 0 Å². The molecule has 1 aromatic carbocycles. The Kier molecular flexibility index (Phi) is 17.1. The molecule has 0 amide bonds. The SMILES string of the molecule is CCCCCCCCCCCCCCOC[C@H](COP(=O)(O)OCC1O[C@@](C)(c2ccc3c(N)ncnn23)[C@H](O)[C@@H]1O)OCc1cc(F)cc(C#N)c1. The summed E-state index contributed by atoms with van der Waals surface area (Å²) < 4.78 is 56.6. The Bertz CT molecular complexity index is 1660. The number of aromatic nitrogens is 3. The molecule has 1 saturated heterocycles. The first-order valence-electron chi connectivity index (χ1n) is 18.6. The van der Waals surface area contributed by atoms with Crippen molar-refractivity contribution in [2.75, 3.05) is 32.2 Å². The van der Waals surface area contributed by atoms with Gasteiger partial charge in [0.25, 0.3) is 0 Å². The van der Waals surface area contributed by atoms with Crippen molar-refractivity contribution in [1.82, 2.24) is 14.6 Å². The van der Waals surface area contributed by atoms with Crippen LogP contribution < -0.4 is 5.73 Å². The summed E-state index contributed by atoms with van der Waals surface area (Å²) in [6, 6.07) is 9.01. The van der Waals surface area contributed by atoms with E-state index in [1.165, 1.54) is 80.8 Å². The molecule has 1 aliphatic rings. The van der Waals surface area contributed by atoms with Gasteiger partial charge in [-0.05, 0) is 49.2 Å². The van der Waals surface area contributed by atoms with Crippen molar-refractivity contribution in [2.24, 2.45) is 0 Å². The summed E-state index contributed by atoms with van der Waals surface area (Å²) in [5.41, 5.74) is 5.83. The number of halogens is 1. The topological polar surface area (TPSA) is 204 Å². The van der Waals surface area contributed by atoms with Gasteiger partial charge in [0.2, 0.25) is 0 Å². The van der Waals surface area contributed by atoms with Gasteiger partial charge >= 0.3 is 7.82 Å². The zero-order valence-electron chi connectivity index (χ0n) is 30.8. The molecule has 4 rings (SSSR count). The number of unbranched alkanes of at least 4 members (excludes halogenated alkanes) is 11. The van der Waals surface area contributed by atoms with Gasteiger partial charge in [-0.3, -0.25) is 9.05 Å². The molecule has 0 bridgehead atoms. The third kappa shape index (κ3) is 12.8. The number of phosphoric ester groups is 1. The number of phosphoric acid groups is 1. The highest BCUT2D eigenvalue weighted by molar-refractivity contribution is 7.47. The lowest BCUT2D eigenvalue weighted by atomic mass is 9.93. The number of hydrogen-bond acceptors (Lipinski definition) is 12. The molecule has 14 nitrogen and oxygen atoms in total. The zero-order valence-corrected chi connectivity index (χ0v) is 31.7. The average Bonchev–Trinajstić information content (AvgIpc) is 3.68. The fourth-order valence-corrected chi connectivity index (χ4v) is 7.22. The number of aliphatic hydroxyl groups excluding tert-OH is 2. The summed E-state index contributed by atoms with van der Waals surface area (Å²) >= 11 is 0. The van der Waals surface area contributed by atoms with Gasteiger partial charge in [-0.15, -0.1) is 0 Å². The number of hydrogen-bond donors (Lipinski definition) is 4. The van der Waals surface area contributed by atoms with E-state index in [4.69, 9.17) is 29.0 Å². The summed E-state index contributed by atoms with van der Waals surface area (Å²) in [4.78, 5) is 14.5. The van der Waals surface area contributed by atoms with Gasteiger partial charge in [-0.25, -0.2) is 18.5 Å². The summed E-state index contributed by atoms with van der Waals surface area (Å²) in [7, 11) is -4.74. The van der Waals surface area contributed by atoms with Gasteiger partial charge in [0.1, 0.15) is 47.7 Å². The van der Waals surface area contributed by atoms with E-state index in [0.717, 1.165) is 25.3 Å². The molecule has 294 valence electrons. The molecule has 1 aliphatic heterocycles. The van der Waals surface area contributed by atoms with E-state index in [1.807, 2.05) is 6.07 Å². The van der Waals surface area contributed by atoms with Gasteiger partial charge in [-0.1, -0.05) is 77.6 Å². The first-order valence-corrected chi connectivity index (χ1v) is 20.1. The minimum absolute atomic E-state index is 0.0206. The van der Waals surface area contributed by atoms with E-state index in [-0.39, 0.29) is 24.6 Å². The minimum Gasteiger partial charge on any atom is -0.387 e. The van der Waals surface area contributed by atoms with Crippen molar-refractivity contribution in [3.8, 4) is 6.07 Å². The largest absolute Gasteiger partial charge is 0.472 e. The van der Waals surface area contributed by atoms with E-state index >= 15 is 0 Å². The number of nitrogens with two attached hydrogens (primary N) is 1. The molecule has 2 unspecified atom stereocenters. The number of anilines is 1. The molecule has 53 heavy (non-hydrogen) atoms. The molecule has 0 saturated carbocycles. The Morgan fingerprint density at radius 1 is 1.04 bits per heavy atom. The standard InChI is InChI=1S/C37H55FN5O9P/c1-3-4-5-6-7-8-9-10-11-12-13-14-17-48-23-30(49-22-28-18-27(21-39)19-29(38)20-28)24-50-53(46,47)51-25-32-34(44)35(45)37(2,52-32)33-16-15-31-36(40)41-26-42-43(31)33/h15-16,18-20,26,30,32,34-35,44-45H,3-14,17,22-25H2,1-2H3,(H,46,47)(H2,40,41,42)/t30-,32?,34-,35-,37+/m1/s1. The Hall–Kier alpha value is -3.03. The van der Waals surface area contributed by atoms with Crippen molar-refractivity contribution < 1.29 is 47.3 Å². The van der Waals surface area contributed by atoms with Crippen LogP contribution in [-0.2, 0) is 40.0 Å². The first-order chi connectivity index (χ1) is 25.5. The molecule has 0 aliphatic carbocycles. The van der Waals surface area contributed by atoms with Crippen LogP contribution in [0.4, 0.5) is 10.2 Å². The molecular formula is C37H55FN5O9P. The molecule has 1 fully saturated rings. The van der Waals surface area contributed by atoms with Crippen LogP contribution in [-0.4, -0.2) is 80.5 Å². The molecule has 3 heterocycles. The predicted molar refractivity (Wildman–Crippen MR) is 195 cm³/mol. The lowest BCUT2D eigenvalue weighted by Gasteiger charge is -2.27. The normalized spacial score (nSPS) is 21.9. The van der Waals surface area contributed by atoms with E-state index < -0.39 is 56.9 Å². The first kappa shape index (κ1) is 42.7. The zero-order chi connectivity index (χ0) is 38.3. The van der Waals surface area contributed by atoms with E-state index in [1.54, 1.807) is 19.1 Å². The van der Waals surface area contributed by atoms with E-state index in [9.17, 15) is 29.3 Å². The number of nitrogens with zero attached hydrogens (tertiary/aromatic N) is 4. The van der Waals surface area contributed by atoms with Crippen LogP contribution in [0.1, 0.15) is 108 Å². The van der Waals surface area contributed by atoms with Crippen LogP contribution >= 0.6 is 7.82 Å². The monoisotopic (exact) mass is 763 g/mol. The number of ether oxygens (including phenoxy) is 3. The number of nitrogen functional groups attached to an aromatic ring is 1. The molecule has 0 radical (unpaired) electrons. The fourth-order valence-electron chi connectivity index (χ4n) is 6.46. The van der Waals surface area contributed by atoms with Crippen LogP contribution in [0.5, 0.6) is 0 Å². The fraction of sp³-hybridized carbons (Fsp3) is 0.649. The Labute approximate surface area is 311 Å². The Morgan fingerprint density at radius 2 is 1.72 bits per heavy atom. The maximum absolute atomic E-state index is 14.0. The van der Waals surface area contributed by atoms with Gasteiger partial charge in [0, 0.05) is 6.61 Å².